The molecule has 29 heavy (non-hydrogen) atoms. The second-order valence-electron chi connectivity index (χ2n) is 6.69. The first kappa shape index (κ1) is 18.6. The highest BCUT2D eigenvalue weighted by Gasteiger charge is 2.16. The number of pyridine rings is 3. The number of carbonyl (C=O) groups excluding carboxylic acids is 1. The van der Waals surface area contributed by atoms with Crippen molar-refractivity contribution in [2.24, 2.45) is 0 Å². The van der Waals surface area contributed by atoms with Crippen molar-refractivity contribution in [2.45, 2.75) is 26.9 Å². The number of aryl methyl sites for hydroxylation is 2. The van der Waals surface area contributed by atoms with E-state index in [9.17, 15) is 9.59 Å². The molecule has 0 bridgehead atoms. The molecule has 0 radical (unpaired) electrons. The second-order valence-corrected chi connectivity index (χ2v) is 6.69. The van der Waals surface area contributed by atoms with E-state index < -0.39 is 5.91 Å². The van der Waals surface area contributed by atoms with Crippen molar-refractivity contribution in [3.05, 3.63) is 82.1 Å². The van der Waals surface area contributed by atoms with E-state index in [1.54, 1.807) is 36.9 Å². The Morgan fingerprint density at radius 3 is 2.76 bits per heavy atom. The van der Waals surface area contributed by atoms with Gasteiger partial charge in [-0.25, -0.2) is 4.98 Å². The highest BCUT2D eigenvalue weighted by Crippen LogP contribution is 2.17. The van der Waals surface area contributed by atoms with Crippen LogP contribution >= 0.6 is 0 Å². The fourth-order valence-corrected chi connectivity index (χ4v) is 3.14. The predicted molar refractivity (Wildman–Crippen MR) is 110 cm³/mol. The van der Waals surface area contributed by atoms with Crippen LogP contribution in [0, 0.1) is 6.92 Å². The van der Waals surface area contributed by atoms with Crippen LogP contribution in [0.5, 0.6) is 0 Å². The molecule has 7 nitrogen and oxygen atoms in total. The number of amides is 1. The molecule has 7 heteroatoms. The van der Waals surface area contributed by atoms with Gasteiger partial charge in [-0.05, 0) is 49.7 Å². The summed E-state index contributed by atoms with van der Waals surface area (Å²) in [6.07, 6.45) is 4.84. The Morgan fingerprint density at radius 2 is 2.07 bits per heavy atom. The van der Waals surface area contributed by atoms with Gasteiger partial charge in [0.1, 0.15) is 16.9 Å². The van der Waals surface area contributed by atoms with E-state index in [4.69, 9.17) is 4.42 Å². The van der Waals surface area contributed by atoms with Gasteiger partial charge in [-0.3, -0.25) is 14.6 Å². The molecule has 0 fully saturated rings. The lowest BCUT2D eigenvalue weighted by Gasteiger charge is -2.11. The zero-order valence-corrected chi connectivity index (χ0v) is 16.2. The van der Waals surface area contributed by atoms with Crippen molar-refractivity contribution >= 4 is 16.9 Å². The summed E-state index contributed by atoms with van der Waals surface area (Å²) in [7, 11) is 0. The number of carbonyl (C=O) groups is 1. The van der Waals surface area contributed by atoms with Crippen LogP contribution in [0.2, 0.25) is 0 Å². The molecule has 146 valence electrons. The summed E-state index contributed by atoms with van der Waals surface area (Å²) in [6, 6.07) is 10.8. The van der Waals surface area contributed by atoms with Gasteiger partial charge in [0.25, 0.3) is 5.91 Å². The zero-order chi connectivity index (χ0) is 20.4. The molecule has 1 amide bonds. The Hall–Kier alpha value is -3.74. The smallest absolute Gasteiger partial charge is 0.257 e. The maximum atomic E-state index is 12.8. The molecule has 0 aromatic carbocycles. The van der Waals surface area contributed by atoms with Gasteiger partial charge in [-0.1, -0.05) is 6.07 Å². The third-order valence-electron chi connectivity index (χ3n) is 4.70. The van der Waals surface area contributed by atoms with Crippen molar-refractivity contribution in [1.29, 1.82) is 0 Å². The largest absolute Gasteiger partial charge is 0.463 e. The highest BCUT2D eigenvalue weighted by molar-refractivity contribution is 5.96. The SMILES string of the molecule is CCn1cc(C(=O)NCc2ccc(-c3ccco3)nc2)c(=O)c2ccc(C)nc21. The van der Waals surface area contributed by atoms with Crippen molar-refractivity contribution in [3.63, 3.8) is 0 Å². The molecule has 1 N–H and O–H groups in total. The molecule has 0 aliphatic rings. The minimum absolute atomic E-state index is 0.102. The van der Waals surface area contributed by atoms with E-state index in [0.717, 1.165) is 11.3 Å². The van der Waals surface area contributed by atoms with Crippen molar-refractivity contribution in [2.75, 3.05) is 0 Å². The van der Waals surface area contributed by atoms with Gasteiger partial charge in [-0.2, -0.15) is 0 Å². The predicted octanol–water partition coefficient (Wildman–Crippen LogP) is 3.31. The number of aromatic nitrogens is 3. The number of nitrogens with one attached hydrogen (secondary N) is 1. The maximum Gasteiger partial charge on any atom is 0.257 e. The van der Waals surface area contributed by atoms with Crippen LogP contribution in [0.15, 0.2) is 64.3 Å². The molecule has 4 heterocycles. The van der Waals surface area contributed by atoms with E-state index in [2.05, 4.69) is 15.3 Å². The van der Waals surface area contributed by atoms with Gasteiger partial charge in [-0.15, -0.1) is 0 Å². The monoisotopic (exact) mass is 388 g/mol. The van der Waals surface area contributed by atoms with Crippen LogP contribution in [-0.2, 0) is 13.1 Å². The number of hydrogen-bond acceptors (Lipinski definition) is 5. The Balaban J connectivity index is 1.55. The first-order valence-electron chi connectivity index (χ1n) is 9.34. The fourth-order valence-electron chi connectivity index (χ4n) is 3.14. The minimum Gasteiger partial charge on any atom is -0.463 e. The van der Waals surface area contributed by atoms with Gasteiger partial charge in [0.05, 0.1) is 11.6 Å². The van der Waals surface area contributed by atoms with Crippen LogP contribution < -0.4 is 10.7 Å². The van der Waals surface area contributed by atoms with Gasteiger partial charge in [0.15, 0.2) is 5.76 Å². The molecule has 0 atom stereocenters. The van der Waals surface area contributed by atoms with E-state index in [1.807, 2.05) is 36.6 Å². The Bertz CT molecular complexity index is 1230. The van der Waals surface area contributed by atoms with Crippen LogP contribution in [0.3, 0.4) is 0 Å². The first-order valence-corrected chi connectivity index (χ1v) is 9.34. The maximum absolute atomic E-state index is 12.8. The molecule has 0 unspecified atom stereocenters. The second kappa shape index (κ2) is 7.71. The quantitative estimate of drug-likeness (QED) is 0.566. The molecule has 0 aliphatic heterocycles. The van der Waals surface area contributed by atoms with Crippen molar-refractivity contribution < 1.29 is 9.21 Å². The third kappa shape index (κ3) is 3.67. The molecule has 4 aromatic heterocycles. The van der Waals surface area contributed by atoms with E-state index in [1.165, 1.54) is 0 Å². The molecule has 0 aliphatic carbocycles. The lowest BCUT2D eigenvalue weighted by molar-refractivity contribution is 0.0949. The zero-order valence-electron chi connectivity index (χ0n) is 16.2. The van der Waals surface area contributed by atoms with Gasteiger partial charge in [0.2, 0.25) is 5.43 Å². The first-order chi connectivity index (χ1) is 14.1. The summed E-state index contributed by atoms with van der Waals surface area (Å²) >= 11 is 0. The highest BCUT2D eigenvalue weighted by atomic mass is 16.3. The lowest BCUT2D eigenvalue weighted by atomic mass is 10.1. The minimum atomic E-state index is -0.421. The van der Waals surface area contributed by atoms with Crippen LogP contribution in [-0.4, -0.2) is 20.4 Å². The molecule has 4 aromatic rings. The molecule has 4 rings (SSSR count). The van der Waals surface area contributed by atoms with Crippen LogP contribution in [0.4, 0.5) is 0 Å². The lowest BCUT2D eigenvalue weighted by Crippen LogP contribution is -2.29. The summed E-state index contributed by atoms with van der Waals surface area (Å²) in [4.78, 5) is 34.3. The molecular formula is C22H20N4O3. The average Bonchev–Trinajstić information content (AvgIpc) is 3.27. The summed E-state index contributed by atoms with van der Waals surface area (Å²) in [5.74, 6) is 0.260. The molecule has 0 saturated heterocycles. The van der Waals surface area contributed by atoms with Gasteiger partial charge in [0, 0.05) is 31.2 Å². The Morgan fingerprint density at radius 1 is 1.21 bits per heavy atom. The van der Waals surface area contributed by atoms with E-state index >= 15 is 0 Å². The topological polar surface area (TPSA) is 90.0 Å². The molecular weight excluding hydrogens is 368 g/mol. The average molecular weight is 388 g/mol. The number of fused-ring (bicyclic) bond motifs is 1. The summed E-state index contributed by atoms with van der Waals surface area (Å²) < 4.78 is 7.14. The van der Waals surface area contributed by atoms with Gasteiger partial charge < -0.3 is 14.3 Å². The van der Waals surface area contributed by atoms with Crippen LogP contribution in [0.1, 0.15) is 28.5 Å². The summed E-state index contributed by atoms with van der Waals surface area (Å²) in [6.45, 7) is 4.68. The number of rotatable bonds is 5. The standard InChI is InChI=1S/C22H20N4O3/c1-3-26-13-17(20(27)16-8-6-14(2)25-21(16)26)22(28)24-12-15-7-9-18(23-11-15)19-5-4-10-29-19/h4-11,13H,3,12H2,1-2H3,(H,24,28). The van der Waals surface area contributed by atoms with Crippen molar-refractivity contribution in [3.8, 4) is 11.5 Å². The van der Waals surface area contributed by atoms with Gasteiger partial charge >= 0.3 is 0 Å². The third-order valence-corrected chi connectivity index (χ3v) is 4.70. The molecule has 0 spiro atoms. The molecule has 0 saturated carbocycles. The van der Waals surface area contributed by atoms with Crippen LogP contribution in [0.25, 0.3) is 22.5 Å². The number of nitrogens with zero attached hydrogens (tertiary/aromatic N) is 3. The van der Waals surface area contributed by atoms with E-state index in [0.29, 0.717) is 29.0 Å². The summed E-state index contributed by atoms with van der Waals surface area (Å²) in [5, 5.41) is 3.24. The van der Waals surface area contributed by atoms with E-state index in [-0.39, 0.29) is 17.5 Å². The number of hydrogen-bond donors (Lipinski definition) is 1. The summed E-state index contributed by atoms with van der Waals surface area (Å²) in [5.41, 5.74) is 2.73. The number of furan rings is 1. The fraction of sp³-hybridized carbons (Fsp3) is 0.182. The normalized spacial score (nSPS) is 11.0. The Kier molecular flexibility index (Phi) is 4.95. The van der Waals surface area contributed by atoms with Crippen molar-refractivity contribution in [1.82, 2.24) is 19.9 Å². The Labute approximate surface area is 167 Å².